The van der Waals surface area contributed by atoms with Gasteiger partial charge in [-0.1, -0.05) is 5.57 Å². The molecule has 0 saturated carbocycles. The van der Waals surface area contributed by atoms with Crippen molar-refractivity contribution in [2.24, 2.45) is 0 Å². The summed E-state index contributed by atoms with van der Waals surface area (Å²) in [5, 5.41) is 2.73. The Morgan fingerprint density at radius 3 is 2.43 bits per heavy atom. The van der Waals surface area contributed by atoms with Crippen molar-refractivity contribution in [3.05, 3.63) is 71.6 Å². The molecule has 0 aliphatic carbocycles. The number of rotatable bonds is 5. The molecule has 5 heteroatoms. The first-order valence-electron chi connectivity index (χ1n) is 7.18. The first-order valence-corrected chi connectivity index (χ1v) is 7.18. The van der Waals surface area contributed by atoms with Gasteiger partial charge in [-0.15, -0.1) is 0 Å². The number of pyridine rings is 1. The fourth-order valence-corrected chi connectivity index (χ4v) is 1.77. The molecule has 0 radical (unpaired) electrons. The van der Waals surface area contributed by atoms with Gasteiger partial charge in [-0.05, 0) is 56.3 Å². The Hall–Kier alpha value is -2.95. The number of benzene rings is 1. The van der Waals surface area contributed by atoms with Gasteiger partial charge in [-0.25, -0.2) is 4.79 Å². The lowest BCUT2D eigenvalue weighted by atomic mass is 10.1. The van der Waals surface area contributed by atoms with E-state index in [2.05, 4.69) is 10.3 Å². The summed E-state index contributed by atoms with van der Waals surface area (Å²) in [5.41, 5.74) is 2.56. The molecule has 2 aromatic rings. The summed E-state index contributed by atoms with van der Waals surface area (Å²) in [6, 6.07) is 9.81. The molecular weight excluding hydrogens is 292 g/mol. The van der Waals surface area contributed by atoms with Crippen molar-refractivity contribution >= 4 is 17.6 Å². The molecule has 0 spiro atoms. The van der Waals surface area contributed by atoms with Crippen LogP contribution in [0.2, 0.25) is 0 Å². The summed E-state index contributed by atoms with van der Waals surface area (Å²) >= 11 is 0. The normalized spacial score (nSPS) is 9.83. The van der Waals surface area contributed by atoms with Crippen LogP contribution in [-0.2, 0) is 4.74 Å². The van der Waals surface area contributed by atoms with E-state index < -0.39 is 5.97 Å². The van der Waals surface area contributed by atoms with Crippen LogP contribution in [-0.4, -0.2) is 23.5 Å². The maximum atomic E-state index is 12.1. The van der Waals surface area contributed by atoms with Crippen molar-refractivity contribution in [2.45, 2.75) is 13.8 Å². The highest BCUT2D eigenvalue weighted by Crippen LogP contribution is 2.10. The summed E-state index contributed by atoms with van der Waals surface area (Å²) in [6.45, 7) is 4.11. The topological polar surface area (TPSA) is 68.3 Å². The number of esters is 1. The molecule has 0 unspecified atom stereocenters. The minimum Gasteiger partial charge on any atom is -0.458 e. The van der Waals surface area contributed by atoms with Gasteiger partial charge in [-0.2, -0.15) is 0 Å². The second-order valence-corrected chi connectivity index (χ2v) is 5.15. The average Bonchev–Trinajstić information content (AvgIpc) is 2.55. The number of hydrogen-bond acceptors (Lipinski definition) is 4. The molecule has 0 atom stereocenters. The number of allylic oxidation sites excluding steroid dienone is 1. The quantitative estimate of drug-likeness (QED) is 0.678. The van der Waals surface area contributed by atoms with Crippen molar-refractivity contribution in [3.8, 4) is 0 Å². The number of amides is 1. The summed E-state index contributed by atoms with van der Waals surface area (Å²) in [7, 11) is 0. The number of carbonyl (C=O) groups is 2. The summed E-state index contributed by atoms with van der Waals surface area (Å²) < 4.78 is 5.11. The van der Waals surface area contributed by atoms with Crippen molar-refractivity contribution in [1.29, 1.82) is 0 Å². The van der Waals surface area contributed by atoms with Crippen LogP contribution in [0.25, 0.3) is 0 Å². The predicted molar refractivity (Wildman–Crippen MR) is 88.3 cm³/mol. The first-order chi connectivity index (χ1) is 11.1. The number of aromatic nitrogens is 1. The van der Waals surface area contributed by atoms with Crippen molar-refractivity contribution in [3.63, 3.8) is 0 Å². The standard InChI is InChI=1S/C18H18N2O3/c1-13(2)9-11-23-18(22)15-7-5-14(6-8-15)17(21)20-16-4-3-10-19-12-16/h3-10,12H,11H2,1-2H3,(H,20,21). The summed E-state index contributed by atoms with van der Waals surface area (Å²) in [6.07, 6.45) is 5.02. The van der Waals surface area contributed by atoms with Crippen LogP contribution in [0.15, 0.2) is 60.4 Å². The van der Waals surface area contributed by atoms with E-state index in [-0.39, 0.29) is 12.5 Å². The molecule has 0 aliphatic rings. The zero-order valence-electron chi connectivity index (χ0n) is 13.1. The van der Waals surface area contributed by atoms with Crippen molar-refractivity contribution < 1.29 is 14.3 Å². The molecule has 118 valence electrons. The zero-order valence-corrected chi connectivity index (χ0v) is 13.1. The highest BCUT2D eigenvalue weighted by molar-refractivity contribution is 6.04. The van der Waals surface area contributed by atoms with Gasteiger partial charge in [0.05, 0.1) is 17.4 Å². The van der Waals surface area contributed by atoms with Crippen LogP contribution in [0, 0.1) is 0 Å². The number of ether oxygens (including phenoxy) is 1. The fourth-order valence-electron chi connectivity index (χ4n) is 1.77. The van der Waals surface area contributed by atoms with E-state index in [1.165, 1.54) is 0 Å². The van der Waals surface area contributed by atoms with Gasteiger partial charge in [0.15, 0.2) is 0 Å². The van der Waals surface area contributed by atoms with Gasteiger partial charge in [0.1, 0.15) is 6.61 Å². The molecule has 1 N–H and O–H groups in total. The van der Waals surface area contributed by atoms with Crippen LogP contribution >= 0.6 is 0 Å². The Bertz CT molecular complexity index is 703. The Morgan fingerprint density at radius 1 is 1.13 bits per heavy atom. The minimum atomic E-state index is -0.415. The van der Waals surface area contributed by atoms with Crippen molar-refractivity contribution in [2.75, 3.05) is 11.9 Å². The highest BCUT2D eigenvalue weighted by Gasteiger charge is 2.10. The molecule has 2 rings (SSSR count). The Morgan fingerprint density at radius 2 is 1.83 bits per heavy atom. The average molecular weight is 310 g/mol. The van der Waals surface area contributed by atoms with Crippen LogP contribution in [0.1, 0.15) is 34.6 Å². The van der Waals surface area contributed by atoms with E-state index in [9.17, 15) is 9.59 Å². The number of nitrogens with zero attached hydrogens (tertiary/aromatic N) is 1. The van der Waals surface area contributed by atoms with E-state index in [1.807, 2.05) is 19.9 Å². The SMILES string of the molecule is CC(C)=CCOC(=O)c1ccc(C(=O)Nc2cccnc2)cc1. The zero-order chi connectivity index (χ0) is 16.7. The molecule has 5 nitrogen and oxygen atoms in total. The number of hydrogen-bond donors (Lipinski definition) is 1. The van der Waals surface area contributed by atoms with E-state index in [1.54, 1.807) is 48.8 Å². The second-order valence-electron chi connectivity index (χ2n) is 5.15. The molecule has 1 aromatic heterocycles. The number of carbonyl (C=O) groups excluding carboxylic acids is 2. The Balaban J connectivity index is 1.97. The van der Waals surface area contributed by atoms with Crippen LogP contribution in [0.5, 0.6) is 0 Å². The lowest BCUT2D eigenvalue weighted by Crippen LogP contribution is -2.12. The predicted octanol–water partition coefficient (Wildman–Crippen LogP) is 3.46. The summed E-state index contributed by atoms with van der Waals surface area (Å²) in [4.78, 5) is 27.8. The van der Waals surface area contributed by atoms with Gasteiger partial charge in [0.2, 0.25) is 0 Å². The first kappa shape index (κ1) is 16.4. The lowest BCUT2D eigenvalue weighted by Gasteiger charge is -2.06. The molecule has 23 heavy (non-hydrogen) atoms. The molecule has 1 amide bonds. The minimum absolute atomic E-state index is 0.240. The fraction of sp³-hybridized carbons (Fsp3) is 0.167. The molecule has 1 heterocycles. The monoisotopic (exact) mass is 310 g/mol. The van der Waals surface area contributed by atoms with Gasteiger partial charge in [0.25, 0.3) is 5.91 Å². The van der Waals surface area contributed by atoms with E-state index in [0.29, 0.717) is 16.8 Å². The van der Waals surface area contributed by atoms with Gasteiger partial charge in [-0.3, -0.25) is 9.78 Å². The molecule has 0 saturated heterocycles. The third-order valence-electron chi connectivity index (χ3n) is 3.01. The maximum Gasteiger partial charge on any atom is 0.338 e. The Kier molecular flexibility index (Phi) is 5.63. The molecule has 0 bridgehead atoms. The van der Waals surface area contributed by atoms with E-state index in [0.717, 1.165) is 5.57 Å². The van der Waals surface area contributed by atoms with E-state index >= 15 is 0 Å². The molecule has 1 aromatic carbocycles. The summed E-state index contributed by atoms with van der Waals surface area (Å²) in [5.74, 6) is -0.677. The van der Waals surface area contributed by atoms with Crippen molar-refractivity contribution in [1.82, 2.24) is 4.98 Å². The molecule has 0 aliphatic heterocycles. The third kappa shape index (κ3) is 5.07. The molecular formula is C18H18N2O3. The highest BCUT2D eigenvalue weighted by atomic mass is 16.5. The maximum absolute atomic E-state index is 12.1. The van der Waals surface area contributed by atoms with Gasteiger partial charge < -0.3 is 10.1 Å². The van der Waals surface area contributed by atoms with E-state index in [4.69, 9.17) is 4.74 Å². The van der Waals surface area contributed by atoms with Crippen LogP contribution in [0.3, 0.4) is 0 Å². The smallest absolute Gasteiger partial charge is 0.338 e. The molecule has 0 fully saturated rings. The van der Waals surface area contributed by atoms with Crippen LogP contribution < -0.4 is 5.32 Å². The third-order valence-corrected chi connectivity index (χ3v) is 3.01. The van der Waals surface area contributed by atoms with Gasteiger partial charge >= 0.3 is 5.97 Å². The second kappa shape index (κ2) is 7.89. The lowest BCUT2D eigenvalue weighted by molar-refractivity contribution is 0.0548. The largest absolute Gasteiger partial charge is 0.458 e. The number of anilines is 1. The van der Waals surface area contributed by atoms with Crippen LogP contribution in [0.4, 0.5) is 5.69 Å². The number of nitrogens with one attached hydrogen (secondary N) is 1. The van der Waals surface area contributed by atoms with Gasteiger partial charge in [0, 0.05) is 11.8 Å². The Labute approximate surface area is 135 Å².